The quantitative estimate of drug-likeness (QED) is 0.712. The van der Waals surface area contributed by atoms with E-state index >= 15 is 0 Å². The smallest absolute Gasteiger partial charge is 0.280 e. The molecule has 1 spiro atoms. The van der Waals surface area contributed by atoms with Crippen LogP contribution in [0.5, 0.6) is 0 Å². The van der Waals surface area contributed by atoms with E-state index in [1.807, 2.05) is 6.07 Å². The number of rotatable bonds is 0. The summed E-state index contributed by atoms with van der Waals surface area (Å²) in [6.07, 6.45) is 1.39. The molecule has 0 radical (unpaired) electrons. The fourth-order valence-corrected chi connectivity index (χ4v) is 2.00. The van der Waals surface area contributed by atoms with Gasteiger partial charge in [0.15, 0.2) is 0 Å². The molecule has 1 unspecified atom stereocenters. The van der Waals surface area contributed by atoms with Crippen LogP contribution in [0.2, 0.25) is 0 Å². The molecule has 0 fully saturated rings. The van der Waals surface area contributed by atoms with Crippen LogP contribution in [0.1, 0.15) is 12.5 Å². The Kier molecular flexibility index (Phi) is 1.80. The highest BCUT2D eigenvalue weighted by Crippen LogP contribution is 2.41. The fraction of sp³-hybridized carbons (Fsp3) is 0.167. The van der Waals surface area contributed by atoms with Gasteiger partial charge in [-0.15, -0.1) is 0 Å². The summed E-state index contributed by atoms with van der Waals surface area (Å²) >= 11 is 0. The summed E-state index contributed by atoms with van der Waals surface area (Å²) in [5, 5.41) is 16.2. The first-order valence-corrected chi connectivity index (χ1v) is 5.19. The maximum atomic E-state index is 12.0. The van der Waals surface area contributed by atoms with E-state index in [4.69, 9.17) is 4.84 Å². The van der Waals surface area contributed by atoms with E-state index in [1.165, 1.54) is 6.08 Å². The number of para-hydroxylation sites is 1. The number of benzene rings is 1. The van der Waals surface area contributed by atoms with Crippen molar-refractivity contribution in [1.82, 2.24) is 0 Å². The van der Waals surface area contributed by atoms with Crippen molar-refractivity contribution in [3.8, 4) is 0 Å². The molecule has 1 aromatic carbocycles. The van der Waals surface area contributed by atoms with Crippen LogP contribution in [-0.4, -0.2) is 16.7 Å². The predicted octanol–water partition coefficient (Wildman–Crippen LogP) is 1.68. The van der Waals surface area contributed by atoms with Crippen molar-refractivity contribution < 1.29 is 14.7 Å². The van der Waals surface area contributed by atoms with Crippen molar-refractivity contribution in [1.29, 1.82) is 0 Å². The number of hydrogen-bond donors (Lipinski definition) is 2. The molecule has 0 saturated carbocycles. The summed E-state index contributed by atoms with van der Waals surface area (Å²) < 4.78 is 0. The lowest BCUT2D eigenvalue weighted by Gasteiger charge is -2.24. The molecule has 2 heterocycles. The standard InChI is InChI=1S/C12H10N2O3/c1-7-10(15)6-12(17-14-7)8-4-2-3-5-9(8)13-11(12)16/h2-6,15H,1H3,(H,13,16). The second-order valence-electron chi connectivity index (χ2n) is 4.03. The van der Waals surface area contributed by atoms with Crippen LogP contribution in [0.25, 0.3) is 0 Å². The Balaban J connectivity index is 2.19. The molecule has 0 aromatic heterocycles. The molecule has 0 bridgehead atoms. The summed E-state index contributed by atoms with van der Waals surface area (Å²) in [6.45, 7) is 1.61. The van der Waals surface area contributed by atoms with E-state index in [2.05, 4.69) is 10.5 Å². The summed E-state index contributed by atoms with van der Waals surface area (Å²) in [7, 11) is 0. The largest absolute Gasteiger partial charge is 0.506 e. The number of nitrogens with one attached hydrogen (secondary N) is 1. The Hall–Kier alpha value is -2.30. The van der Waals surface area contributed by atoms with Crippen molar-refractivity contribution in [2.75, 3.05) is 5.32 Å². The van der Waals surface area contributed by atoms with Crippen molar-refractivity contribution in [3.05, 3.63) is 41.7 Å². The molecule has 0 saturated heterocycles. The number of allylic oxidation sites excluding steroid dienone is 1. The van der Waals surface area contributed by atoms with Crippen molar-refractivity contribution >= 4 is 17.3 Å². The number of aliphatic hydroxyl groups is 1. The fourth-order valence-electron chi connectivity index (χ4n) is 2.00. The predicted molar refractivity (Wildman–Crippen MR) is 61.7 cm³/mol. The average Bonchev–Trinajstić information content (AvgIpc) is 2.58. The molecule has 1 amide bonds. The lowest BCUT2D eigenvalue weighted by Crippen LogP contribution is -2.37. The monoisotopic (exact) mass is 230 g/mol. The SMILES string of the molecule is CC1=NOC2(C=C1O)C(=O)Nc1ccccc12. The summed E-state index contributed by atoms with van der Waals surface area (Å²) in [5.41, 5.74) is 0.358. The van der Waals surface area contributed by atoms with Gasteiger partial charge in [-0.1, -0.05) is 23.4 Å². The van der Waals surface area contributed by atoms with E-state index in [0.717, 1.165) is 0 Å². The molecular formula is C12H10N2O3. The molecule has 2 aliphatic rings. The Bertz CT molecular complexity index is 577. The lowest BCUT2D eigenvalue weighted by molar-refractivity contribution is -0.135. The highest BCUT2D eigenvalue weighted by atomic mass is 16.7. The number of anilines is 1. The molecule has 1 aromatic rings. The van der Waals surface area contributed by atoms with Crippen LogP contribution in [0.4, 0.5) is 5.69 Å². The number of nitrogens with zero attached hydrogens (tertiary/aromatic N) is 1. The van der Waals surface area contributed by atoms with Crippen molar-refractivity contribution in [2.24, 2.45) is 5.16 Å². The zero-order valence-electron chi connectivity index (χ0n) is 9.10. The second kappa shape index (κ2) is 3.10. The van der Waals surface area contributed by atoms with E-state index in [0.29, 0.717) is 17.0 Å². The molecule has 2 N–H and O–H groups in total. The first-order chi connectivity index (χ1) is 8.13. The van der Waals surface area contributed by atoms with Gasteiger partial charge in [-0.05, 0) is 13.0 Å². The van der Waals surface area contributed by atoms with Gasteiger partial charge >= 0.3 is 0 Å². The Morgan fingerprint density at radius 2 is 2.18 bits per heavy atom. The zero-order chi connectivity index (χ0) is 12.0. The summed E-state index contributed by atoms with van der Waals surface area (Å²) in [5.74, 6) is -0.385. The third-order valence-electron chi connectivity index (χ3n) is 2.95. The number of oxime groups is 1. The number of fused-ring (bicyclic) bond motifs is 2. The highest BCUT2D eigenvalue weighted by Gasteiger charge is 2.50. The Morgan fingerprint density at radius 3 is 2.94 bits per heavy atom. The average molecular weight is 230 g/mol. The molecule has 5 heteroatoms. The van der Waals surface area contributed by atoms with Gasteiger partial charge < -0.3 is 15.3 Å². The van der Waals surface area contributed by atoms with E-state index < -0.39 is 5.60 Å². The molecular weight excluding hydrogens is 220 g/mol. The maximum Gasteiger partial charge on any atom is 0.280 e. The van der Waals surface area contributed by atoms with Crippen LogP contribution in [-0.2, 0) is 15.2 Å². The van der Waals surface area contributed by atoms with Gasteiger partial charge in [-0.3, -0.25) is 4.79 Å². The number of amides is 1. The van der Waals surface area contributed by atoms with Crippen molar-refractivity contribution in [2.45, 2.75) is 12.5 Å². The first-order valence-electron chi connectivity index (χ1n) is 5.19. The molecule has 3 rings (SSSR count). The molecule has 5 nitrogen and oxygen atoms in total. The minimum atomic E-state index is -1.33. The van der Waals surface area contributed by atoms with E-state index in [1.54, 1.807) is 25.1 Å². The van der Waals surface area contributed by atoms with Crippen molar-refractivity contribution in [3.63, 3.8) is 0 Å². The summed E-state index contributed by atoms with van der Waals surface area (Å²) in [4.78, 5) is 17.3. The van der Waals surface area contributed by atoms with Crippen LogP contribution in [0, 0.1) is 0 Å². The molecule has 2 aliphatic heterocycles. The highest BCUT2D eigenvalue weighted by molar-refractivity contribution is 6.08. The number of hydrogen-bond acceptors (Lipinski definition) is 4. The van der Waals surface area contributed by atoms with Gasteiger partial charge in [0, 0.05) is 17.3 Å². The number of carbonyl (C=O) groups excluding carboxylic acids is 1. The first kappa shape index (κ1) is 9.89. The third-order valence-corrected chi connectivity index (χ3v) is 2.95. The third kappa shape index (κ3) is 1.19. The van der Waals surface area contributed by atoms with Gasteiger partial charge in [-0.2, -0.15) is 0 Å². The van der Waals surface area contributed by atoms with Crippen LogP contribution in [0.15, 0.2) is 41.3 Å². The van der Waals surface area contributed by atoms with Crippen LogP contribution >= 0.6 is 0 Å². The Morgan fingerprint density at radius 1 is 1.41 bits per heavy atom. The molecule has 0 aliphatic carbocycles. The summed E-state index contributed by atoms with van der Waals surface area (Å²) in [6, 6.07) is 7.17. The minimum absolute atomic E-state index is 0.0388. The van der Waals surface area contributed by atoms with E-state index in [9.17, 15) is 9.90 Å². The normalized spacial score (nSPS) is 25.8. The maximum absolute atomic E-state index is 12.0. The van der Waals surface area contributed by atoms with Crippen LogP contribution < -0.4 is 5.32 Å². The number of aliphatic hydroxyl groups excluding tert-OH is 1. The van der Waals surface area contributed by atoms with E-state index in [-0.39, 0.29) is 11.7 Å². The lowest BCUT2D eigenvalue weighted by atomic mass is 9.93. The molecule has 86 valence electrons. The topological polar surface area (TPSA) is 70.9 Å². The molecule has 17 heavy (non-hydrogen) atoms. The van der Waals surface area contributed by atoms with Gasteiger partial charge in [0.25, 0.3) is 11.5 Å². The zero-order valence-corrected chi connectivity index (χ0v) is 9.10. The van der Waals surface area contributed by atoms with Gasteiger partial charge in [0.2, 0.25) is 0 Å². The minimum Gasteiger partial charge on any atom is -0.506 e. The van der Waals surface area contributed by atoms with Gasteiger partial charge in [0.05, 0.1) is 0 Å². The molecule has 1 atom stereocenters. The van der Waals surface area contributed by atoms with Gasteiger partial charge in [0.1, 0.15) is 11.5 Å². The van der Waals surface area contributed by atoms with Gasteiger partial charge in [-0.25, -0.2) is 0 Å². The number of carbonyl (C=O) groups is 1. The van der Waals surface area contributed by atoms with Crippen LogP contribution in [0.3, 0.4) is 0 Å². The second-order valence-corrected chi connectivity index (χ2v) is 4.03. The Labute approximate surface area is 97.4 Å².